The maximum absolute atomic E-state index is 12.1. The number of carbonyl (C=O) groups is 1. The van der Waals surface area contributed by atoms with Gasteiger partial charge >= 0.3 is 6.09 Å². The van der Waals surface area contributed by atoms with E-state index in [2.05, 4.69) is 9.97 Å². The first-order chi connectivity index (χ1) is 22.1. The highest BCUT2D eigenvalue weighted by atomic mass is 16.5. The van der Waals surface area contributed by atoms with Crippen molar-refractivity contribution in [2.45, 2.75) is 44.4 Å². The molecule has 2 aromatic carbocycles. The van der Waals surface area contributed by atoms with Crippen molar-refractivity contribution in [2.75, 3.05) is 33.4 Å². The molecule has 10 nitrogen and oxygen atoms in total. The maximum Gasteiger partial charge on any atom is 0.407 e. The molecule has 5 rings (SSSR count). The molecule has 236 valence electrons. The molecule has 2 aromatic heterocycles. The lowest BCUT2D eigenvalue weighted by molar-refractivity contribution is -0.0937. The van der Waals surface area contributed by atoms with E-state index in [9.17, 15) is 9.90 Å². The fourth-order valence-electron chi connectivity index (χ4n) is 5.39. The summed E-state index contributed by atoms with van der Waals surface area (Å²) in [6.45, 7) is 2.60. The van der Waals surface area contributed by atoms with Gasteiger partial charge in [0.1, 0.15) is 11.5 Å². The Labute approximate surface area is 263 Å². The zero-order valence-electron chi connectivity index (χ0n) is 25.4. The lowest BCUT2D eigenvalue weighted by Gasteiger charge is -2.42. The minimum Gasteiger partial charge on any atom is -0.496 e. The second kappa shape index (κ2) is 16.5. The molecule has 1 N–H and O–H groups in total. The second-order valence-corrected chi connectivity index (χ2v) is 10.8. The SMILES string of the molecule is COc1ccccc1COCCCOc1ccc(C2C(OCc3cccnc3)CN(C(=O)O)CC2OCc2cccnc2)cc1. The van der Waals surface area contributed by atoms with Gasteiger partial charge in [-0.05, 0) is 47.0 Å². The molecule has 2 atom stereocenters. The van der Waals surface area contributed by atoms with Crippen LogP contribution in [-0.4, -0.2) is 71.7 Å². The topological polar surface area (TPSA) is 112 Å². The van der Waals surface area contributed by atoms with E-state index in [0.717, 1.165) is 40.2 Å². The molecule has 0 radical (unpaired) electrons. The molecule has 0 bridgehead atoms. The Hall–Kier alpha value is -4.51. The fourth-order valence-corrected chi connectivity index (χ4v) is 5.39. The summed E-state index contributed by atoms with van der Waals surface area (Å²) in [5.41, 5.74) is 3.82. The number of aromatic nitrogens is 2. The van der Waals surface area contributed by atoms with E-state index in [4.69, 9.17) is 23.7 Å². The van der Waals surface area contributed by atoms with Gasteiger partial charge in [0, 0.05) is 42.7 Å². The molecule has 0 aliphatic carbocycles. The van der Waals surface area contributed by atoms with E-state index in [0.29, 0.717) is 33.0 Å². The van der Waals surface area contributed by atoms with Crippen LogP contribution in [0, 0.1) is 0 Å². The summed E-state index contributed by atoms with van der Waals surface area (Å²) in [4.78, 5) is 21.8. The molecule has 1 fully saturated rings. The number of piperidine rings is 1. The number of methoxy groups -OCH3 is 1. The zero-order chi connectivity index (χ0) is 31.3. The summed E-state index contributed by atoms with van der Waals surface area (Å²) in [7, 11) is 1.65. The molecule has 0 spiro atoms. The van der Waals surface area contributed by atoms with E-state index < -0.39 is 18.3 Å². The Morgan fingerprint density at radius 1 is 0.822 bits per heavy atom. The van der Waals surface area contributed by atoms with Crippen molar-refractivity contribution in [3.63, 3.8) is 0 Å². The zero-order valence-corrected chi connectivity index (χ0v) is 25.4. The molecule has 1 saturated heterocycles. The van der Waals surface area contributed by atoms with E-state index in [1.807, 2.05) is 72.8 Å². The monoisotopic (exact) mass is 613 g/mol. The van der Waals surface area contributed by atoms with Crippen molar-refractivity contribution < 1.29 is 33.6 Å². The summed E-state index contributed by atoms with van der Waals surface area (Å²) in [5, 5.41) is 9.92. The van der Waals surface area contributed by atoms with Crippen LogP contribution in [0.5, 0.6) is 11.5 Å². The Bertz CT molecular complexity index is 1400. The van der Waals surface area contributed by atoms with E-state index >= 15 is 0 Å². The maximum atomic E-state index is 12.1. The third-order valence-electron chi connectivity index (χ3n) is 7.66. The van der Waals surface area contributed by atoms with Gasteiger partial charge in [-0.25, -0.2) is 4.79 Å². The minimum atomic E-state index is -1.01. The number of para-hydroxylation sites is 1. The van der Waals surface area contributed by atoms with Gasteiger partial charge in [-0.2, -0.15) is 0 Å². The van der Waals surface area contributed by atoms with Crippen LogP contribution < -0.4 is 9.47 Å². The van der Waals surface area contributed by atoms with Gasteiger partial charge < -0.3 is 33.7 Å². The average Bonchev–Trinajstić information content (AvgIpc) is 3.09. The molecule has 0 saturated carbocycles. The van der Waals surface area contributed by atoms with Gasteiger partial charge in [0.15, 0.2) is 0 Å². The third-order valence-corrected chi connectivity index (χ3v) is 7.66. The number of pyridine rings is 2. The Kier molecular flexibility index (Phi) is 11.7. The number of hydrogen-bond donors (Lipinski definition) is 1. The van der Waals surface area contributed by atoms with Gasteiger partial charge in [-0.1, -0.05) is 42.5 Å². The highest BCUT2D eigenvalue weighted by molar-refractivity contribution is 5.65. The molecule has 4 aromatic rings. The molecular formula is C35H39N3O7. The number of ether oxygens (including phenoxy) is 5. The number of nitrogens with zero attached hydrogens (tertiary/aromatic N) is 3. The van der Waals surface area contributed by atoms with Crippen LogP contribution in [0.1, 0.15) is 34.6 Å². The summed E-state index contributed by atoms with van der Waals surface area (Å²) in [6.07, 6.45) is 5.76. The van der Waals surface area contributed by atoms with E-state index in [-0.39, 0.29) is 19.0 Å². The first-order valence-corrected chi connectivity index (χ1v) is 15.0. The van der Waals surface area contributed by atoms with Crippen LogP contribution >= 0.6 is 0 Å². The summed E-state index contributed by atoms with van der Waals surface area (Å²) < 4.78 is 30.0. The molecule has 45 heavy (non-hydrogen) atoms. The molecule has 3 heterocycles. The van der Waals surface area contributed by atoms with Gasteiger partial charge in [0.25, 0.3) is 0 Å². The molecule has 1 aliphatic rings. The quantitative estimate of drug-likeness (QED) is 0.168. The molecule has 2 unspecified atom stereocenters. The van der Waals surface area contributed by atoms with Crippen molar-refractivity contribution in [2.24, 2.45) is 0 Å². The van der Waals surface area contributed by atoms with Crippen LogP contribution in [0.4, 0.5) is 4.79 Å². The van der Waals surface area contributed by atoms with Gasteiger partial charge in [-0.15, -0.1) is 0 Å². The Balaban J connectivity index is 1.23. The normalized spacial score (nSPS) is 18.0. The highest BCUT2D eigenvalue weighted by Gasteiger charge is 2.41. The fraction of sp³-hybridized carbons (Fsp3) is 0.343. The number of carboxylic acid groups (broad SMARTS) is 1. The number of amides is 1. The lowest BCUT2D eigenvalue weighted by Crippen LogP contribution is -2.54. The highest BCUT2D eigenvalue weighted by Crippen LogP contribution is 2.35. The molecule has 10 heteroatoms. The van der Waals surface area contributed by atoms with Crippen molar-refractivity contribution in [3.05, 3.63) is 120 Å². The van der Waals surface area contributed by atoms with Gasteiger partial charge in [-0.3, -0.25) is 9.97 Å². The predicted octanol–water partition coefficient (Wildman–Crippen LogP) is 5.72. The van der Waals surface area contributed by atoms with Crippen LogP contribution in [0.15, 0.2) is 97.6 Å². The molecule has 1 aliphatic heterocycles. The van der Waals surface area contributed by atoms with Gasteiger partial charge in [0.05, 0.1) is 65.4 Å². The average molecular weight is 614 g/mol. The van der Waals surface area contributed by atoms with Crippen molar-refractivity contribution in [1.29, 1.82) is 0 Å². The molecule has 1 amide bonds. The van der Waals surface area contributed by atoms with Crippen LogP contribution in [-0.2, 0) is 34.0 Å². The Morgan fingerprint density at radius 3 is 2.04 bits per heavy atom. The minimum absolute atomic E-state index is 0.216. The third kappa shape index (κ3) is 9.24. The second-order valence-electron chi connectivity index (χ2n) is 10.8. The van der Waals surface area contributed by atoms with Gasteiger partial charge in [0.2, 0.25) is 0 Å². The number of likely N-dealkylation sites (tertiary alicyclic amines) is 1. The van der Waals surface area contributed by atoms with E-state index in [1.54, 1.807) is 31.9 Å². The summed E-state index contributed by atoms with van der Waals surface area (Å²) in [6, 6.07) is 23.3. The van der Waals surface area contributed by atoms with Crippen LogP contribution in [0.25, 0.3) is 0 Å². The summed E-state index contributed by atoms with van der Waals surface area (Å²) in [5.74, 6) is 1.34. The Morgan fingerprint density at radius 2 is 1.47 bits per heavy atom. The molecular weight excluding hydrogens is 574 g/mol. The van der Waals surface area contributed by atoms with Crippen molar-refractivity contribution in [1.82, 2.24) is 14.9 Å². The first kappa shape index (κ1) is 31.9. The largest absolute Gasteiger partial charge is 0.496 e. The number of benzene rings is 2. The van der Waals surface area contributed by atoms with Crippen LogP contribution in [0.3, 0.4) is 0 Å². The lowest BCUT2D eigenvalue weighted by atomic mass is 9.84. The van der Waals surface area contributed by atoms with E-state index in [1.165, 1.54) is 4.90 Å². The number of hydrogen-bond acceptors (Lipinski definition) is 8. The van der Waals surface area contributed by atoms with Crippen molar-refractivity contribution in [3.8, 4) is 11.5 Å². The first-order valence-electron chi connectivity index (χ1n) is 15.0. The standard InChI is InChI=1S/C35H39N3O7/c1-41-31-10-3-2-9-29(31)25-42-17-6-18-43-30-13-11-28(12-14-30)34-32(44-23-26-7-4-15-36-19-26)21-38(35(39)40)22-33(34)45-24-27-8-5-16-37-20-27/h2-5,7-16,19-20,32-34H,6,17-18,21-25H2,1H3,(H,39,40). The summed E-state index contributed by atoms with van der Waals surface area (Å²) >= 11 is 0. The smallest absolute Gasteiger partial charge is 0.407 e. The predicted molar refractivity (Wildman–Crippen MR) is 167 cm³/mol. The number of rotatable bonds is 15. The van der Waals surface area contributed by atoms with Crippen LogP contribution in [0.2, 0.25) is 0 Å². The van der Waals surface area contributed by atoms with Crippen molar-refractivity contribution >= 4 is 6.09 Å².